The average Bonchev–Trinajstić information content (AvgIpc) is 2.50. The molecular formula is C16H29NO3. The number of unbranched alkanes of at least 4 members (excludes halogenated alkanes) is 2. The first-order valence-corrected chi connectivity index (χ1v) is 7.80. The number of likely N-dealkylation sites (tertiary alicyclic amines) is 1. The number of rotatable bonds is 6. The second kappa shape index (κ2) is 7.65. The van der Waals surface area contributed by atoms with E-state index in [2.05, 4.69) is 20.8 Å². The molecule has 0 radical (unpaired) electrons. The van der Waals surface area contributed by atoms with Crippen molar-refractivity contribution in [2.45, 2.75) is 65.7 Å². The molecule has 4 nitrogen and oxygen atoms in total. The van der Waals surface area contributed by atoms with Crippen molar-refractivity contribution in [3.63, 3.8) is 0 Å². The maximum Gasteiger partial charge on any atom is 0.303 e. The normalized spacial score (nSPS) is 20.9. The molecule has 1 saturated heterocycles. The van der Waals surface area contributed by atoms with E-state index in [0.29, 0.717) is 18.8 Å². The van der Waals surface area contributed by atoms with Crippen molar-refractivity contribution in [2.24, 2.45) is 11.3 Å². The van der Waals surface area contributed by atoms with Gasteiger partial charge in [-0.3, -0.25) is 9.59 Å². The first kappa shape index (κ1) is 17.0. The van der Waals surface area contributed by atoms with Crippen molar-refractivity contribution in [3.8, 4) is 0 Å². The zero-order valence-corrected chi connectivity index (χ0v) is 13.2. The minimum atomic E-state index is -0.733. The van der Waals surface area contributed by atoms with Crippen LogP contribution in [0.1, 0.15) is 65.7 Å². The highest BCUT2D eigenvalue weighted by Gasteiger charge is 2.29. The average molecular weight is 283 g/mol. The summed E-state index contributed by atoms with van der Waals surface area (Å²) in [5, 5.41) is 8.58. The van der Waals surface area contributed by atoms with Gasteiger partial charge >= 0.3 is 5.97 Å². The molecule has 1 fully saturated rings. The van der Waals surface area contributed by atoms with Crippen molar-refractivity contribution < 1.29 is 14.7 Å². The SMILES string of the molecule is CC(C)(C)C1CCC(=O)N(CCCCCC(=O)O)CC1. The van der Waals surface area contributed by atoms with E-state index in [0.717, 1.165) is 38.8 Å². The van der Waals surface area contributed by atoms with Gasteiger partial charge in [-0.15, -0.1) is 0 Å². The maximum absolute atomic E-state index is 12.1. The van der Waals surface area contributed by atoms with Crippen LogP contribution in [0.4, 0.5) is 0 Å². The van der Waals surface area contributed by atoms with Crippen LogP contribution in [0, 0.1) is 11.3 Å². The summed E-state index contributed by atoms with van der Waals surface area (Å²) >= 11 is 0. The molecule has 0 aromatic heterocycles. The first-order valence-electron chi connectivity index (χ1n) is 7.80. The molecule has 0 bridgehead atoms. The Morgan fingerprint density at radius 2 is 1.95 bits per heavy atom. The van der Waals surface area contributed by atoms with Crippen LogP contribution >= 0.6 is 0 Å². The fourth-order valence-electron chi connectivity index (χ4n) is 2.89. The molecule has 1 amide bonds. The molecular weight excluding hydrogens is 254 g/mol. The molecule has 1 aliphatic rings. The van der Waals surface area contributed by atoms with E-state index in [1.807, 2.05) is 4.90 Å². The number of carbonyl (C=O) groups is 2. The highest BCUT2D eigenvalue weighted by atomic mass is 16.4. The van der Waals surface area contributed by atoms with Gasteiger partial charge in [0.15, 0.2) is 0 Å². The van der Waals surface area contributed by atoms with Crippen molar-refractivity contribution in [1.29, 1.82) is 0 Å². The molecule has 0 aromatic rings. The van der Waals surface area contributed by atoms with Gasteiger partial charge in [0.05, 0.1) is 0 Å². The Labute approximate surface area is 122 Å². The standard InChI is InChI=1S/C16H29NO3/c1-16(2,3)13-8-9-14(18)17(12-10-13)11-6-4-5-7-15(19)20/h13H,4-12H2,1-3H3,(H,19,20). The van der Waals surface area contributed by atoms with Crippen molar-refractivity contribution >= 4 is 11.9 Å². The Kier molecular flexibility index (Phi) is 6.50. The van der Waals surface area contributed by atoms with Gasteiger partial charge in [-0.1, -0.05) is 27.2 Å². The van der Waals surface area contributed by atoms with Crippen LogP contribution in [-0.2, 0) is 9.59 Å². The number of aliphatic carboxylic acids is 1. The molecule has 4 heteroatoms. The summed E-state index contributed by atoms with van der Waals surface area (Å²) in [6, 6.07) is 0. The molecule has 0 spiro atoms. The van der Waals surface area contributed by atoms with E-state index in [4.69, 9.17) is 5.11 Å². The van der Waals surface area contributed by atoms with Crippen molar-refractivity contribution in [3.05, 3.63) is 0 Å². The Balaban J connectivity index is 2.32. The van der Waals surface area contributed by atoms with Gasteiger partial charge in [0.25, 0.3) is 0 Å². The summed E-state index contributed by atoms with van der Waals surface area (Å²) in [5.74, 6) is 0.155. The number of carboxylic acid groups (broad SMARTS) is 1. The predicted molar refractivity (Wildman–Crippen MR) is 79.5 cm³/mol. The predicted octanol–water partition coefficient (Wildman–Crippen LogP) is 3.31. The fourth-order valence-corrected chi connectivity index (χ4v) is 2.89. The summed E-state index contributed by atoms with van der Waals surface area (Å²) in [4.78, 5) is 24.5. The van der Waals surface area contributed by atoms with Crippen LogP contribution < -0.4 is 0 Å². The van der Waals surface area contributed by atoms with E-state index in [1.54, 1.807) is 0 Å². The molecule has 1 heterocycles. The Morgan fingerprint density at radius 1 is 1.25 bits per heavy atom. The van der Waals surface area contributed by atoms with Crippen molar-refractivity contribution in [1.82, 2.24) is 4.90 Å². The highest BCUT2D eigenvalue weighted by Crippen LogP contribution is 2.34. The van der Waals surface area contributed by atoms with Crippen molar-refractivity contribution in [2.75, 3.05) is 13.1 Å². The lowest BCUT2D eigenvalue weighted by atomic mass is 9.77. The lowest BCUT2D eigenvalue weighted by Gasteiger charge is -2.29. The van der Waals surface area contributed by atoms with Gasteiger partial charge in [0, 0.05) is 25.9 Å². The molecule has 0 aromatic carbocycles. The minimum absolute atomic E-state index is 0.236. The molecule has 1 atom stereocenters. The van der Waals surface area contributed by atoms with E-state index in [1.165, 1.54) is 0 Å². The second-order valence-corrected chi connectivity index (χ2v) is 6.98. The van der Waals surface area contributed by atoms with E-state index in [9.17, 15) is 9.59 Å². The van der Waals surface area contributed by atoms with Gasteiger partial charge in [-0.2, -0.15) is 0 Å². The molecule has 0 saturated carbocycles. The Hall–Kier alpha value is -1.06. The number of carbonyl (C=O) groups excluding carboxylic acids is 1. The van der Waals surface area contributed by atoms with Crippen LogP contribution in [0.25, 0.3) is 0 Å². The summed E-state index contributed by atoms with van der Waals surface area (Å²) in [5.41, 5.74) is 0.276. The summed E-state index contributed by atoms with van der Waals surface area (Å²) in [7, 11) is 0. The van der Waals surface area contributed by atoms with Gasteiger partial charge < -0.3 is 10.0 Å². The second-order valence-electron chi connectivity index (χ2n) is 6.98. The van der Waals surface area contributed by atoms with Gasteiger partial charge in [0.1, 0.15) is 0 Å². The van der Waals surface area contributed by atoms with Gasteiger partial charge in [-0.05, 0) is 37.0 Å². The Bertz CT molecular complexity index is 333. The number of hydrogen-bond donors (Lipinski definition) is 1. The zero-order chi connectivity index (χ0) is 15.2. The third-order valence-electron chi connectivity index (χ3n) is 4.35. The van der Waals surface area contributed by atoms with Gasteiger partial charge in [0.2, 0.25) is 5.91 Å². The van der Waals surface area contributed by atoms with Crippen LogP contribution in [0.15, 0.2) is 0 Å². The number of nitrogens with zero attached hydrogens (tertiary/aromatic N) is 1. The number of carboxylic acids is 1. The fraction of sp³-hybridized carbons (Fsp3) is 0.875. The first-order chi connectivity index (χ1) is 9.30. The summed E-state index contributed by atoms with van der Waals surface area (Å²) < 4.78 is 0. The molecule has 1 aliphatic heterocycles. The summed E-state index contributed by atoms with van der Waals surface area (Å²) in [6.45, 7) is 8.41. The molecule has 116 valence electrons. The van der Waals surface area contributed by atoms with Crippen LogP contribution in [-0.4, -0.2) is 35.0 Å². The monoisotopic (exact) mass is 283 g/mol. The Morgan fingerprint density at radius 3 is 2.55 bits per heavy atom. The largest absolute Gasteiger partial charge is 0.481 e. The number of hydrogen-bond acceptors (Lipinski definition) is 2. The number of amides is 1. The zero-order valence-electron chi connectivity index (χ0n) is 13.2. The van der Waals surface area contributed by atoms with E-state index < -0.39 is 5.97 Å². The smallest absolute Gasteiger partial charge is 0.303 e. The van der Waals surface area contributed by atoms with Gasteiger partial charge in [-0.25, -0.2) is 0 Å². The van der Waals surface area contributed by atoms with E-state index >= 15 is 0 Å². The third-order valence-corrected chi connectivity index (χ3v) is 4.35. The third kappa shape index (κ3) is 5.93. The molecule has 1 N–H and O–H groups in total. The molecule has 1 unspecified atom stereocenters. The molecule has 20 heavy (non-hydrogen) atoms. The molecule has 0 aliphatic carbocycles. The quantitative estimate of drug-likeness (QED) is 0.761. The topological polar surface area (TPSA) is 57.6 Å². The minimum Gasteiger partial charge on any atom is -0.481 e. The van der Waals surface area contributed by atoms with Crippen LogP contribution in [0.5, 0.6) is 0 Å². The summed E-state index contributed by atoms with van der Waals surface area (Å²) in [6.07, 6.45) is 5.50. The lowest BCUT2D eigenvalue weighted by Crippen LogP contribution is -2.31. The van der Waals surface area contributed by atoms with Crippen LogP contribution in [0.2, 0.25) is 0 Å². The maximum atomic E-state index is 12.1. The van der Waals surface area contributed by atoms with Crippen LogP contribution in [0.3, 0.4) is 0 Å². The lowest BCUT2D eigenvalue weighted by molar-refractivity contribution is -0.137. The van der Waals surface area contributed by atoms with E-state index in [-0.39, 0.29) is 17.7 Å². The molecule has 1 rings (SSSR count). The highest BCUT2D eigenvalue weighted by molar-refractivity contribution is 5.76.